The Morgan fingerprint density at radius 2 is 0.409 bits per heavy atom. The summed E-state index contributed by atoms with van der Waals surface area (Å²) < 4.78 is 15.9. The van der Waals surface area contributed by atoms with Crippen LogP contribution < -0.4 is 14.7 Å². The van der Waals surface area contributed by atoms with E-state index in [0.717, 1.165) is 39.8 Å². The van der Waals surface area contributed by atoms with Crippen molar-refractivity contribution in [2.45, 2.75) is 0 Å². The molecule has 0 amide bonds. The van der Waals surface area contributed by atoms with Crippen molar-refractivity contribution in [1.29, 1.82) is 0 Å². The molecule has 6 aromatic heterocycles. The summed E-state index contributed by atoms with van der Waals surface area (Å²) in [7, 11) is 0. The number of anilines is 9. The van der Waals surface area contributed by atoms with Gasteiger partial charge in [0.2, 0.25) is 0 Å². The molecule has 0 saturated carbocycles. The van der Waals surface area contributed by atoms with Gasteiger partial charge in [-0.1, -0.05) is 48.5 Å². The number of hydrogen-bond acceptors (Lipinski definition) is 3. The number of aromatic nitrogens is 3. The van der Waals surface area contributed by atoms with Crippen LogP contribution in [0.4, 0.5) is 51.2 Å². The van der Waals surface area contributed by atoms with Gasteiger partial charge >= 0.3 is 757 Å². The molecule has 0 atom stereocenters. The van der Waals surface area contributed by atoms with Gasteiger partial charge in [0.25, 0.3) is 0 Å². The van der Waals surface area contributed by atoms with Gasteiger partial charge in [-0.3, -0.25) is 0 Å². The van der Waals surface area contributed by atoms with Crippen LogP contribution in [0.25, 0.3) is 184 Å². The van der Waals surface area contributed by atoms with Gasteiger partial charge in [-0.15, -0.1) is 0 Å². The maximum absolute atomic E-state index is 2.45. The Hall–Kier alpha value is -16.3. The fourth-order valence-corrected chi connectivity index (χ4v) is 27.6. The molecule has 0 N–H and O–H groups in total. The summed E-state index contributed by atoms with van der Waals surface area (Å²) in [5.41, 5.74) is 25.9. The van der Waals surface area contributed by atoms with Crippen molar-refractivity contribution in [3.05, 3.63) is 510 Å². The molecule has 6 nitrogen and oxygen atoms in total. The van der Waals surface area contributed by atoms with Gasteiger partial charge in [-0.05, 0) is 11.1 Å². The molecule has 22 aromatic carbocycles. The topological polar surface area (TPSA) is 24.5 Å². The molecule has 9 heteroatoms. The third kappa shape index (κ3) is 14.6. The molecule has 0 aliphatic heterocycles. The molecule has 644 valence electrons. The molecular weight excluding hydrogens is 1860 g/mol. The average Bonchev–Trinajstić information content (AvgIpc) is 1.60. The normalized spacial score (nSPS) is 11.6. The van der Waals surface area contributed by atoms with Gasteiger partial charge in [0, 0.05) is 0 Å². The first-order valence-electron chi connectivity index (χ1n) is 46.6. The molecule has 137 heavy (non-hydrogen) atoms. The van der Waals surface area contributed by atoms with E-state index in [9.17, 15) is 0 Å². The first-order chi connectivity index (χ1) is 67.9. The molecule has 0 radical (unpaired) electrons. The van der Waals surface area contributed by atoms with Crippen LogP contribution in [-0.2, 0) is 0 Å². The summed E-state index contributed by atoms with van der Waals surface area (Å²) in [4.78, 5) is 7.29. The number of benzene rings is 22. The second kappa shape index (κ2) is 34.6. The summed E-state index contributed by atoms with van der Waals surface area (Å²) in [6.07, 6.45) is 0. The summed E-state index contributed by atoms with van der Waals surface area (Å²) in [5, 5.41) is 20.7. The molecule has 0 aliphatic rings. The van der Waals surface area contributed by atoms with Crippen molar-refractivity contribution in [2.75, 3.05) is 14.7 Å². The summed E-state index contributed by atoms with van der Waals surface area (Å²) in [6.45, 7) is 0. The van der Waals surface area contributed by atoms with E-state index in [1.54, 1.807) is 0 Å². The van der Waals surface area contributed by atoms with E-state index in [4.69, 9.17) is 0 Å². The van der Waals surface area contributed by atoms with Crippen molar-refractivity contribution < 1.29 is 0 Å². The van der Waals surface area contributed by atoms with Crippen molar-refractivity contribution in [2.24, 2.45) is 0 Å². The van der Waals surface area contributed by atoms with Gasteiger partial charge < -0.3 is 0 Å². The first kappa shape index (κ1) is 81.5. The standard InChI is InChI=1S/C48H32N2Se.2C40H26N2Se/c1-3-11-33(12-4-1)34-19-21-35(22-20-34)36-23-25-38(26-24-36)49(39-28-30-48-44(31-39)43-16-8-10-18-47(43)51-48)40-27-29-42-41-15-7-9-17-45(41)50(46(42)32-40)37-13-5-2-6-14-37;1-2-13-28(14-3-1)42-37-18-8-6-16-32(37)33-23-21-30(26-38(33)42)41(36-19-10-12-27-11-4-5-15-31(27)36)29-22-24-40-35(25-29)34-17-7-9-20-39(34)43-40;1-2-12-29(13-3-1)42-37-16-8-6-14-33(37)34-22-20-32(26-38(34)42)41(30-19-18-27-10-4-5-11-28(27)24-30)31-21-23-40-36(25-31)35-15-7-9-17-39(35)43-40/h1-32H;2*1-26H. The maximum atomic E-state index is 2.45. The molecule has 0 fully saturated rings. The van der Waals surface area contributed by atoms with Gasteiger partial charge in [-0.25, -0.2) is 0 Å². The van der Waals surface area contributed by atoms with Crippen LogP contribution in [-0.4, -0.2) is 57.2 Å². The van der Waals surface area contributed by atoms with Gasteiger partial charge in [-0.2, -0.15) is 0 Å². The third-order valence-corrected chi connectivity index (χ3v) is 34.3. The van der Waals surface area contributed by atoms with E-state index >= 15 is 0 Å². The van der Waals surface area contributed by atoms with Crippen molar-refractivity contribution in [1.82, 2.24) is 13.7 Å². The summed E-state index contributed by atoms with van der Waals surface area (Å²) in [6, 6.07) is 186. The Morgan fingerprint density at radius 1 is 0.139 bits per heavy atom. The van der Waals surface area contributed by atoms with Crippen LogP contribution in [0.1, 0.15) is 0 Å². The predicted molar refractivity (Wildman–Crippen MR) is 588 cm³/mol. The van der Waals surface area contributed by atoms with E-state index in [-0.39, 0.29) is 0 Å². The number of hydrogen-bond donors (Lipinski definition) is 0. The molecule has 0 bridgehead atoms. The second-order valence-corrected chi connectivity index (χ2v) is 41.9. The fourth-order valence-electron chi connectivity index (χ4n) is 20.7. The van der Waals surface area contributed by atoms with Crippen LogP contribution in [0.2, 0.25) is 0 Å². The minimum atomic E-state index is 0.322. The summed E-state index contributed by atoms with van der Waals surface area (Å²) in [5.74, 6) is 0. The molecule has 0 saturated heterocycles. The van der Waals surface area contributed by atoms with Crippen LogP contribution in [0.3, 0.4) is 0 Å². The van der Waals surface area contributed by atoms with E-state index < -0.39 is 0 Å². The zero-order valence-corrected chi connectivity index (χ0v) is 79.5. The molecule has 6 heterocycles. The van der Waals surface area contributed by atoms with E-state index in [1.807, 2.05) is 0 Å². The van der Waals surface area contributed by atoms with E-state index in [1.165, 1.54) is 196 Å². The predicted octanol–water partition coefficient (Wildman–Crippen LogP) is 34.5. The monoisotopic (exact) mass is 1940 g/mol. The van der Waals surface area contributed by atoms with Crippen LogP contribution in [0.5, 0.6) is 0 Å². The van der Waals surface area contributed by atoms with Gasteiger partial charge in [0.1, 0.15) is 0 Å². The Labute approximate surface area is 810 Å². The fraction of sp³-hybridized carbons (Fsp3) is 0. The molecular formula is C128H84N6Se3. The first-order valence-corrected chi connectivity index (χ1v) is 51.7. The Balaban J connectivity index is 0.000000107. The Kier molecular flexibility index (Phi) is 20.6. The Bertz CT molecular complexity index is 9490. The summed E-state index contributed by atoms with van der Waals surface area (Å²) >= 11 is 1.00. The van der Waals surface area contributed by atoms with E-state index in [0.29, 0.717) is 43.5 Å². The van der Waals surface area contributed by atoms with Crippen molar-refractivity contribution >= 4 is 240 Å². The molecule has 0 spiro atoms. The molecule has 0 aliphatic carbocycles. The van der Waals surface area contributed by atoms with Crippen LogP contribution >= 0.6 is 0 Å². The quantitative estimate of drug-likeness (QED) is 0.101. The van der Waals surface area contributed by atoms with E-state index in [2.05, 4.69) is 538 Å². The van der Waals surface area contributed by atoms with Gasteiger partial charge in [0.05, 0.1) is 0 Å². The van der Waals surface area contributed by atoms with Crippen molar-refractivity contribution in [3.63, 3.8) is 0 Å². The molecule has 28 aromatic rings. The number of nitrogens with zero attached hydrogens (tertiary/aromatic N) is 6. The number of fused-ring (bicyclic) bond motifs is 20. The molecule has 0 unspecified atom stereocenters. The second-order valence-electron chi connectivity index (χ2n) is 35.0. The average molecular weight is 1940 g/mol. The zero-order chi connectivity index (χ0) is 90.4. The SMILES string of the molecule is c1ccc(-c2ccc(-c3ccc(N(c4ccc5[se]c6ccccc6c5c4)c4ccc5c6ccccc6n(-c6ccccc6)c5c4)cc3)cc2)cc1.c1ccc(-n2c3ccccc3c3ccc(N(c4ccc5[se]c6ccccc6c5c4)c4cccc5ccccc45)cc32)cc1.c1ccc(-n2c3ccccc3c3ccc(N(c4ccc5ccccc5c4)c4ccc5[se]c6ccccc6c5c4)cc32)cc1. The van der Waals surface area contributed by atoms with Crippen LogP contribution in [0, 0.1) is 0 Å². The molecule has 28 rings (SSSR count). The number of para-hydroxylation sites is 6. The zero-order valence-electron chi connectivity index (χ0n) is 74.4. The van der Waals surface area contributed by atoms with Crippen LogP contribution in [0.15, 0.2) is 510 Å². The number of rotatable bonds is 14. The third-order valence-electron chi connectivity index (χ3n) is 27.1. The minimum absolute atomic E-state index is 0.322. The van der Waals surface area contributed by atoms with Gasteiger partial charge in [0.15, 0.2) is 0 Å². The Morgan fingerprint density at radius 3 is 0.839 bits per heavy atom. The van der Waals surface area contributed by atoms with Crippen molar-refractivity contribution in [3.8, 4) is 39.3 Å².